The van der Waals surface area contributed by atoms with Crippen LogP contribution >= 0.6 is 0 Å². The van der Waals surface area contributed by atoms with Crippen molar-refractivity contribution in [3.05, 3.63) is 23.8 Å². The first kappa shape index (κ1) is 14.9. The minimum Gasteiger partial charge on any atom is -0.398 e. The van der Waals surface area contributed by atoms with Crippen LogP contribution in [0.25, 0.3) is 0 Å². The standard InChI is InChI=1S/C16H25N3O/c1-3-4-9-19(14-7-8-14)11-16(20)18-13-6-5-12(2)15(17)10-13/h5-6,10,14H,3-4,7-9,11,17H2,1-2H3,(H,18,20). The summed E-state index contributed by atoms with van der Waals surface area (Å²) in [5.41, 5.74) is 8.39. The van der Waals surface area contributed by atoms with Crippen LogP contribution in [0.3, 0.4) is 0 Å². The minimum absolute atomic E-state index is 0.0521. The summed E-state index contributed by atoms with van der Waals surface area (Å²) in [5.74, 6) is 0.0521. The molecule has 0 aliphatic heterocycles. The Bertz CT molecular complexity index is 469. The molecule has 4 nitrogen and oxygen atoms in total. The van der Waals surface area contributed by atoms with E-state index in [4.69, 9.17) is 5.73 Å². The van der Waals surface area contributed by atoms with E-state index >= 15 is 0 Å². The Morgan fingerprint density at radius 3 is 2.80 bits per heavy atom. The molecule has 4 heteroatoms. The first-order valence-electron chi connectivity index (χ1n) is 7.50. The maximum atomic E-state index is 12.1. The molecule has 20 heavy (non-hydrogen) atoms. The van der Waals surface area contributed by atoms with Crippen LogP contribution in [-0.4, -0.2) is 29.9 Å². The number of nitrogens with zero attached hydrogens (tertiary/aromatic N) is 1. The Hall–Kier alpha value is -1.55. The molecule has 0 radical (unpaired) electrons. The molecule has 3 N–H and O–H groups in total. The van der Waals surface area contributed by atoms with Gasteiger partial charge < -0.3 is 11.1 Å². The highest BCUT2D eigenvalue weighted by Gasteiger charge is 2.29. The van der Waals surface area contributed by atoms with Gasteiger partial charge in [-0.1, -0.05) is 19.4 Å². The molecule has 2 rings (SSSR count). The number of nitrogen functional groups attached to an aromatic ring is 1. The van der Waals surface area contributed by atoms with Crippen LogP contribution in [0.2, 0.25) is 0 Å². The largest absolute Gasteiger partial charge is 0.398 e. The Balaban J connectivity index is 1.88. The quantitative estimate of drug-likeness (QED) is 0.752. The summed E-state index contributed by atoms with van der Waals surface area (Å²) in [6, 6.07) is 6.27. The van der Waals surface area contributed by atoms with Crippen LogP contribution in [0, 0.1) is 6.92 Å². The van der Waals surface area contributed by atoms with Crippen molar-refractivity contribution >= 4 is 17.3 Å². The highest BCUT2D eigenvalue weighted by Crippen LogP contribution is 2.27. The van der Waals surface area contributed by atoms with E-state index in [1.807, 2.05) is 25.1 Å². The summed E-state index contributed by atoms with van der Waals surface area (Å²) >= 11 is 0. The number of nitrogens with one attached hydrogen (secondary N) is 1. The van der Waals surface area contributed by atoms with E-state index in [0.717, 1.165) is 24.2 Å². The Kier molecular flexibility index (Phi) is 5.01. The van der Waals surface area contributed by atoms with Crippen molar-refractivity contribution in [2.75, 3.05) is 24.1 Å². The fraction of sp³-hybridized carbons (Fsp3) is 0.562. The molecule has 0 heterocycles. The van der Waals surface area contributed by atoms with Crippen molar-refractivity contribution in [3.8, 4) is 0 Å². The smallest absolute Gasteiger partial charge is 0.238 e. The molecule has 0 unspecified atom stereocenters. The van der Waals surface area contributed by atoms with E-state index in [1.165, 1.54) is 19.3 Å². The van der Waals surface area contributed by atoms with Gasteiger partial charge in [-0.05, 0) is 50.4 Å². The van der Waals surface area contributed by atoms with Gasteiger partial charge in [0.15, 0.2) is 0 Å². The number of carbonyl (C=O) groups is 1. The SMILES string of the molecule is CCCCN(CC(=O)Nc1ccc(C)c(N)c1)C1CC1. The fourth-order valence-corrected chi connectivity index (χ4v) is 2.29. The summed E-state index contributed by atoms with van der Waals surface area (Å²) in [6.45, 7) is 5.64. The van der Waals surface area contributed by atoms with Crippen molar-refractivity contribution in [3.63, 3.8) is 0 Å². The molecule has 1 aliphatic rings. The van der Waals surface area contributed by atoms with Gasteiger partial charge in [0.2, 0.25) is 5.91 Å². The molecule has 0 spiro atoms. The number of aryl methyl sites for hydroxylation is 1. The lowest BCUT2D eigenvalue weighted by Gasteiger charge is -2.21. The van der Waals surface area contributed by atoms with Gasteiger partial charge in [-0.2, -0.15) is 0 Å². The molecular formula is C16H25N3O. The van der Waals surface area contributed by atoms with Gasteiger partial charge in [-0.15, -0.1) is 0 Å². The van der Waals surface area contributed by atoms with E-state index in [0.29, 0.717) is 18.3 Å². The average Bonchev–Trinajstić information content (AvgIpc) is 3.23. The fourth-order valence-electron chi connectivity index (χ4n) is 2.29. The average molecular weight is 275 g/mol. The molecule has 0 aromatic heterocycles. The zero-order valence-electron chi connectivity index (χ0n) is 12.5. The number of hydrogen-bond donors (Lipinski definition) is 2. The topological polar surface area (TPSA) is 58.4 Å². The van der Waals surface area contributed by atoms with E-state index in [-0.39, 0.29) is 5.91 Å². The normalized spacial score (nSPS) is 14.6. The van der Waals surface area contributed by atoms with Crippen LogP contribution in [0.1, 0.15) is 38.2 Å². The third-order valence-electron chi connectivity index (χ3n) is 3.77. The molecule has 0 atom stereocenters. The van der Waals surface area contributed by atoms with Crippen LogP contribution in [0.4, 0.5) is 11.4 Å². The molecule has 1 aromatic rings. The van der Waals surface area contributed by atoms with Crippen molar-refractivity contribution in [1.82, 2.24) is 4.90 Å². The number of carbonyl (C=O) groups excluding carboxylic acids is 1. The first-order chi connectivity index (χ1) is 9.60. The highest BCUT2D eigenvalue weighted by molar-refractivity contribution is 5.92. The molecular weight excluding hydrogens is 250 g/mol. The molecule has 1 aliphatic carbocycles. The predicted molar refractivity (Wildman–Crippen MR) is 83.7 cm³/mol. The Morgan fingerprint density at radius 1 is 1.45 bits per heavy atom. The van der Waals surface area contributed by atoms with E-state index in [2.05, 4.69) is 17.1 Å². The monoisotopic (exact) mass is 275 g/mol. The molecule has 110 valence electrons. The number of unbranched alkanes of at least 4 members (excludes halogenated alkanes) is 1. The van der Waals surface area contributed by atoms with Gasteiger partial charge in [0, 0.05) is 17.4 Å². The van der Waals surface area contributed by atoms with Crippen molar-refractivity contribution in [1.29, 1.82) is 0 Å². The number of nitrogens with two attached hydrogens (primary N) is 1. The molecule has 1 aromatic carbocycles. The van der Waals surface area contributed by atoms with E-state index in [1.54, 1.807) is 0 Å². The van der Waals surface area contributed by atoms with Crippen LogP contribution in [0.5, 0.6) is 0 Å². The number of anilines is 2. The predicted octanol–water partition coefficient (Wildman–Crippen LogP) is 2.78. The third kappa shape index (κ3) is 4.23. The molecule has 0 saturated heterocycles. The summed E-state index contributed by atoms with van der Waals surface area (Å²) in [6.07, 6.45) is 4.78. The summed E-state index contributed by atoms with van der Waals surface area (Å²) in [5, 5.41) is 2.94. The molecule has 1 fully saturated rings. The third-order valence-corrected chi connectivity index (χ3v) is 3.77. The van der Waals surface area contributed by atoms with Crippen molar-refractivity contribution in [2.45, 2.75) is 45.6 Å². The number of benzene rings is 1. The maximum Gasteiger partial charge on any atom is 0.238 e. The highest BCUT2D eigenvalue weighted by atomic mass is 16.2. The lowest BCUT2D eigenvalue weighted by Crippen LogP contribution is -2.35. The second kappa shape index (κ2) is 6.75. The van der Waals surface area contributed by atoms with E-state index < -0.39 is 0 Å². The number of amides is 1. The van der Waals surface area contributed by atoms with Crippen LogP contribution in [0.15, 0.2) is 18.2 Å². The minimum atomic E-state index is 0.0521. The van der Waals surface area contributed by atoms with Gasteiger partial charge in [0.25, 0.3) is 0 Å². The summed E-state index contributed by atoms with van der Waals surface area (Å²) in [4.78, 5) is 14.4. The van der Waals surface area contributed by atoms with Gasteiger partial charge in [0.05, 0.1) is 6.54 Å². The second-order valence-corrected chi connectivity index (χ2v) is 5.67. The van der Waals surface area contributed by atoms with Crippen molar-refractivity contribution < 1.29 is 4.79 Å². The van der Waals surface area contributed by atoms with Gasteiger partial charge >= 0.3 is 0 Å². The zero-order valence-corrected chi connectivity index (χ0v) is 12.5. The Labute approximate surface area is 121 Å². The van der Waals surface area contributed by atoms with Gasteiger partial charge in [-0.25, -0.2) is 0 Å². The number of hydrogen-bond acceptors (Lipinski definition) is 3. The van der Waals surface area contributed by atoms with Crippen LogP contribution < -0.4 is 11.1 Å². The van der Waals surface area contributed by atoms with E-state index in [9.17, 15) is 4.79 Å². The number of rotatable bonds is 7. The second-order valence-electron chi connectivity index (χ2n) is 5.67. The lowest BCUT2D eigenvalue weighted by atomic mass is 10.2. The van der Waals surface area contributed by atoms with Gasteiger partial charge in [-0.3, -0.25) is 9.69 Å². The lowest BCUT2D eigenvalue weighted by molar-refractivity contribution is -0.117. The van der Waals surface area contributed by atoms with Crippen LogP contribution in [-0.2, 0) is 4.79 Å². The molecule has 1 saturated carbocycles. The molecule has 0 bridgehead atoms. The van der Waals surface area contributed by atoms with Gasteiger partial charge in [0.1, 0.15) is 0 Å². The molecule has 1 amide bonds. The first-order valence-corrected chi connectivity index (χ1v) is 7.50. The zero-order chi connectivity index (χ0) is 14.5. The maximum absolute atomic E-state index is 12.1. The van der Waals surface area contributed by atoms with Crippen molar-refractivity contribution in [2.24, 2.45) is 0 Å². The summed E-state index contributed by atoms with van der Waals surface area (Å²) < 4.78 is 0. The Morgan fingerprint density at radius 2 is 2.20 bits per heavy atom. The summed E-state index contributed by atoms with van der Waals surface area (Å²) in [7, 11) is 0.